The number of rotatable bonds is 3. The number of hydrogen-bond acceptors (Lipinski definition) is 5. The van der Waals surface area contributed by atoms with Crippen LogP contribution in [0, 0.1) is 5.92 Å². The van der Waals surface area contributed by atoms with Crippen molar-refractivity contribution in [2.75, 3.05) is 25.1 Å². The molecule has 3 heterocycles. The van der Waals surface area contributed by atoms with Crippen LogP contribution < -0.4 is 4.90 Å². The van der Waals surface area contributed by atoms with Gasteiger partial charge in [-0.25, -0.2) is 9.78 Å². The number of fused-ring (bicyclic) bond motifs is 1. The van der Waals surface area contributed by atoms with Gasteiger partial charge in [-0.2, -0.15) is 13.2 Å². The van der Waals surface area contributed by atoms with Crippen LogP contribution in [-0.4, -0.2) is 48.0 Å². The van der Waals surface area contributed by atoms with Crippen molar-refractivity contribution in [3.05, 3.63) is 59.3 Å². The summed E-state index contributed by atoms with van der Waals surface area (Å²) in [6.45, 7) is 0.765. The molecule has 1 aromatic heterocycles. The highest BCUT2D eigenvalue weighted by Gasteiger charge is 2.41. The molecule has 0 bridgehead atoms. The summed E-state index contributed by atoms with van der Waals surface area (Å²) in [6.07, 6.45) is -1.77. The molecule has 4 rings (SSSR count). The van der Waals surface area contributed by atoms with Crippen molar-refractivity contribution in [2.45, 2.75) is 38.0 Å². The van der Waals surface area contributed by atoms with Crippen molar-refractivity contribution < 1.29 is 27.5 Å². The van der Waals surface area contributed by atoms with Crippen molar-refractivity contribution in [2.24, 2.45) is 5.92 Å². The molecule has 6 nitrogen and oxygen atoms in total. The third kappa shape index (κ3) is 4.28. The van der Waals surface area contributed by atoms with E-state index < -0.39 is 29.7 Å². The Morgan fingerprint density at radius 1 is 1.12 bits per heavy atom. The van der Waals surface area contributed by atoms with Crippen LogP contribution >= 0.6 is 0 Å². The van der Waals surface area contributed by atoms with Gasteiger partial charge >= 0.3 is 12.1 Å². The fourth-order valence-electron chi connectivity index (χ4n) is 4.58. The van der Waals surface area contributed by atoms with Gasteiger partial charge in [-0.3, -0.25) is 4.79 Å². The monoisotopic (exact) mass is 447 g/mol. The summed E-state index contributed by atoms with van der Waals surface area (Å²) in [5.41, 5.74) is 1.13. The van der Waals surface area contributed by atoms with Gasteiger partial charge in [0.2, 0.25) is 5.91 Å². The Labute approximate surface area is 184 Å². The molecule has 1 amide bonds. The average Bonchev–Trinajstić information content (AvgIpc) is 2.81. The van der Waals surface area contributed by atoms with Gasteiger partial charge in [-0.15, -0.1) is 0 Å². The van der Waals surface area contributed by atoms with Crippen LogP contribution in [0.25, 0.3) is 0 Å². The number of aromatic nitrogens is 1. The van der Waals surface area contributed by atoms with Gasteiger partial charge < -0.3 is 14.5 Å². The predicted molar refractivity (Wildman–Crippen MR) is 111 cm³/mol. The molecule has 2 atom stereocenters. The van der Waals surface area contributed by atoms with E-state index in [0.717, 1.165) is 17.2 Å². The molecule has 1 saturated heterocycles. The lowest BCUT2D eigenvalue weighted by Gasteiger charge is -2.40. The zero-order valence-corrected chi connectivity index (χ0v) is 17.6. The van der Waals surface area contributed by atoms with Crippen LogP contribution in [0.5, 0.6) is 0 Å². The fourth-order valence-corrected chi connectivity index (χ4v) is 4.58. The first-order chi connectivity index (χ1) is 15.3. The molecule has 9 heteroatoms. The van der Waals surface area contributed by atoms with E-state index in [-0.39, 0.29) is 24.8 Å². The Balaban J connectivity index is 1.58. The maximum atomic E-state index is 13.5. The molecule has 0 radical (unpaired) electrons. The molecule has 0 spiro atoms. The number of alkyl halides is 3. The molecular formula is C23H24F3N3O3. The van der Waals surface area contributed by atoms with Gasteiger partial charge in [-0.05, 0) is 36.1 Å². The highest BCUT2D eigenvalue weighted by molar-refractivity contribution is 5.87. The Morgan fingerprint density at radius 2 is 1.88 bits per heavy atom. The van der Waals surface area contributed by atoms with Crippen LogP contribution in [0.2, 0.25) is 0 Å². The highest BCUT2D eigenvalue weighted by atomic mass is 19.4. The summed E-state index contributed by atoms with van der Waals surface area (Å²) >= 11 is 0. The first-order valence-electron chi connectivity index (χ1n) is 10.5. The number of ether oxygens (including phenoxy) is 1. The summed E-state index contributed by atoms with van der Waals surface area (Å²) in [4.78, 5) is 33.0. The summed E-state index contributed by atoms with van der Waals surface area (Å²) in [5.74, 6) is -1.44. The minimum absolute atomic E-state index is 0.116. The number of carbonyl (C=O) groups is 2. The number of nitrogens with zero attached hydrogens (tertiary/aromatic N) is 3. The van der Waals surface area contributed by atoms with E-state index in [1.807, 2.05) is 24.3 Å². The van der Waals surface area contributed by atoms with E-state index in [0.29, 0.717) is 25.8 Å². The number of methoxy groups -OCH3 is 1. The van der Waals surface area contributed by atoms with Crippen molar-refractivity contribution in [3.63, 3.8) is 0 Å². The Kier molecular flexibility index (Phi) is 6.08. The molecule has 0 N–H and O–H groups in total. The van der Waals surface area contributed by atoms with Gasteiger partial charge in [0.05, 0.1) is 18.6 Å². The number of carbonyl (C=O) groups excluding carboxylic acids is 2. The third-order valence-electron chi connectivity index (χ3n) is 6.17. The SMILES string of the molecule is COC(=O)C1Cc2ccccc2CN1C(=O)C1CCCN(c2ncccc2C(F)(F)F)C1. The second-order valence-corrected chi connectivity index (χ2v) is 8.14. The summed E-state index contributed by atoms with van der Waals surface area (Å²) in [6, 6.07) is 9.11. The van der Waals surface area contributed by atoms with Crippen LogP contribution in [0.1, 0.15) is 29.5 Å². The number of benzene rings is 1. The second kappa shape index (κ2) is 8.80. The number of pyridine rings is 1. The fraction of sp³-hybridized carbons (Fsp3) is 0.435. The van der Waals surface area contributed by atoms with E-state index in [9.17, 15) is 22.8 Å². The van der Waals surface area contributed by atoms with Crippen molar-refractivity contribution >= 4 is 17.7 Å². The smallest absolute Gasteiger partial charge is 0.419 e. The normalized spacial score (nSPS) is 21.1. The average molecular weight is 447 g/mol. The van der Waals surface area contributed by atoms with Gasteiger partial charge in [0.15, 0.2) is 0 Å². The van der Waals surface area contributed by atoms with E-state index in [4.69, 9.17) is 4.74 Å². The summed E-state index contributed by atoms with van der Waals surface area (Å²) < 4.78 is 45.4. The quantitative estimate of drug-likeness (QED) is 0.675. The van der Waals surface area contributed by atoms with Crippen LogP contribution in [-0.2, 0) is 33.5 Å². The molecule has 2 aliphatic heterocycles. The minimum Gasteiger partial charge on any atom is -0.467 e. The highest BCUT2D eigenvalue weighted by Crippen LogP contribution is 2.37. The lowest BCUT2D eigenvalue weighted by Crippen LogP contribution is -2.53. The molecule has 0 saturated carbocycles. The maximum absolute atomic E-state index is 13.5. The molecule has 32 heavy (non-hydrogen) atoms. The Hall–Kier alpha value is -3.10. The topological polar surface area (TPSA) is 62.7 Å². The molecule has 2 aromatic rings. The summed E-state index contributed by atoms with van der Waals surface area (Å²) in [7, 11) is 1.29. The van der Waals surface area contributed by atoms with Crippen molar-refractivity contribution in [1.82, 2.24) is 9.88 Å². The lowest BCUT2D eigenvalue weighted by molar-refractivity contribution is -0.155. The molecule has 1 fully saturated rings. The zero-order valence-electron chi connectivity index (χ0n) is 17.6. The van der Waals surface area contributed by atoms with Crippen molar-refractivity contribution in [3.8, 4) is 0 Å². The lowest BCUT2D eigenvalue weighted by atomic mass is 9.90. The van der Waals surface area contributed by atoms with E-state index in [1.54, 1.807) is 0 Å². The molecule has 2 unspecified atom stereocenters. The van der Waals surface area contributed by atoms with E-state index in [1.165, 1.54) is 29.2 Å². The largest absolute Gasteiger partial charge is 0.467 e. The molecular weight excluding hydrogens is 423 g/mol. The van der Waals surface area contributed by atoms with Gasteiger partial charge in [-0.1, -0.05) is 24.3 Å². The number of anilines is 1. The first-order valence-corrected chi connectivity index (χ1v) is 10.5. The number of piperidine rings is 1. The van der Waals surface area contributed by atoms with Crippen LogP contribution in [0.4, 0.5) is 19.0 Å². The molecule has 2 aliphatic rings. The van der Waals surface area contributed by atoms with Crippen LogP contribution in [0.15, 0.2) is 42.6 Å². The molecule has 170 valence electrons. The standard InChI is InChI=1S/C23H24F3N3O3/c1-32-22(31)19-12-15-6-2-3-7-16(15)14-29(19)21(30)17-8-5-11-28(13-17)20-18(23(24,25)26)9-4-10-27-20/h2-4,6-7,9-10,17,19H,5,8,11-14H2,1H3. The van der Waals surface area contributed by atoms with Crippen LogP contribution in [0.3, 0.4) is 0 Å². The molecule has 1 aromatic carbocycles. The van der Waals surface area contributed by atoms with Gasteiger partial charge in [0, 0.05) is 32.3 Å². The predicted octanol–water partition coefficient (Wildman–Crippen LogP) is 3.44. The van der Waals surface area contributed by atoms with Gasteiger partial charge in [0.1, 0.15) is 11.9 Å². The minimum atomic E-state index is -4.53. The number of halogens is 3. The first kappa shape index (κ1) is 22.1. The number of hydrogen-bond donors (Lipinski definition) is 0. The maximum Gasteiger partial charge on any atom is 0.419 e. The zero-order chi connectivity index (χ0) is 22.9. The summed E-state index contributed by atoms with van der Waals surface area (Å²) in [5, 5.41) is 0. The Bertz CT molecular complexity index is 1010. The van der Waals surface area contributed by atoms with E-state index >= 15 is 0 Å². The van der Waals surface area contributed by atoms with Crippen molar-refractivity contribution in [1.29, 1.82) is 0 Å². The Morgan fingerprint density at radius 3 is 2.59 bits per heavy atom. The third-order valence-corrected chi connectivity index (χ3v) is 6.17. The number of esters is 1. The van der Waals surface area contributed by atoms with E-state index in [2.05, 4.69) is 4.98 Å². The number of amides is 1. The van der Waals surface area contributed by atoms with Gasteiger partial charge in [0.25, 0.3) is 0 Å². The molecule has 0 aliphatic carbocycles. The second-order valence-electron chi connectivity index (χ2n) is 8.14.